The first kappa shape index (κ1) is 12.1. The van der Waals surface area contributed by atoms with Gasteiger partial charge in [0.05, 0.1) is 9.35 Å². The van der Waals surface area contributed by atoms with Gasteiger partial charge >= 0.3 is 0 Å². The van der Waals surface area contributed by atoms with Gasteiger partial charge in [0.15, 0.2) is 0 Å². The Morgan fingerprint density at radius 1 is 1.69 bits per heavy atom. The largest absolute Gasteiger partial charge is 0.333 e. The molecule has 5 heteroatoms. The molecule has 88 valence electrons. The fourth-order valence-electron chi connectivity index (χ4n) is 1.93. The molecule has 1 fully saturated rings. The van der Waals surface area contributed by atoms with Crippen LogP contribution < -0.4 is 5.32 Å². The molecule has 2 rings (SSSR count). The lowest BCUT2D eigenvalue weighted by atomic mass is 10.2. The van der Waals surface area contributed by atoms with Gasteiger partial charge in [0.2, 0.25) is 0 Å². The molecule has 0 aliphatic carbocycles. The van der Waals surface area contributed by atoms with Crippen molar-refractivity contribution in [3.05, 3.63) is 20.3 Å². The average Bonchev–Trinajstić information content (AvgIpc) is 2.58. The van der Waals surface area contributed by atoms with Crippen molar-refractivity contribution in [1.82, 2.24) is 10.2 Å². The lowest BCUT2D eigenvalue weighted by molar-refractivity contribution is 0.0655. The summed E-state index contributed by atoms with van der Waals surface area (Å²) in [4.78, 5) is 15.4. The molecule has 0 spiro atoms. The molecule has 0 bridgehead atoms. The van der Waals surface area contributed by atoms with Crippen LogP contribution in [0.25, 0.3) is 0 Å². The van der Waals surface area contributed by atoms with Crippen LogP contribution in [-0.4, -0.2) is 36.5 Å². The molecule has 0 saturated carbocycles. The van der Waals surface area contributed by atoms with Crippen LogP contribution in [0.4, 0.5) is 0 Å². The molecule has 1 aliphatic rings. The minimum atomic E-state index is 0.144. The zero-order valence-corrected chi connectivity index (χ0v) is 11.8. The third-order valence-corrected chi connectivity index (χ3v) is 4.55. The molecule has 3 nitrogen and oxygen atoms in total. The van der Waals surface area contributed by atoms with Crippen LogP contribution in [0.15, 0.2) is 9.85 Å². The Balaban J connectivity index is 2.21. The van der Waals surface area contributed by atoms with Crippen molar-refractivity contribution in [2.45, 2.75) is 19.9 Å². The van der Waals surface area contributed by atoms with Crippen LogP contribution in [0.3, 0.4) is 0 Å². The smallest absolute Gasteiger partial charge is 0.256 e. The molecule has 1 saturated heterocycles. The Morgan fingerprint density at radius 2 is 2.44 bits per heavy atom. The third kappa shape index (κ3) is 2.31. The lowest BCUT2D eigenvalue weighted by Gasteiger charge is -2.33. The molecule has 1 aromatic heterocycles. The van der Waals surface area contributed by atoms with Crippen molar-refractivity contribution in [2.75, 3.05) is 19.6 Å². The SMILES string of the molecule is Cc1cc(C(=O)N2CCNC[C@H]2C)c(Br)s1. The summed E-state index contributed by atoms with van der Waals surface area (Å²) < 4.78 is 0.945. The van der Waals surface area contributed by atoms with E-state index >= 15 is 0 Å². The second-order valence-corrected chi connectivity index (χ2v) is 6.67. The molecule has 0 unspecified atom stereocenters. The quantitative estimate of drug-likeness (QED) is 0.863. The molecule has 0 aromatic carbocycles. The topological polar surface area (TPSA) is 32.3 Å². The van der Waals surface area contributed by atoms with Crippen molar-refractivity contribution < 1.29 is 4.79 Å². The minimum absolute atomic E-state index is 0.144. The van der Waals surface area contributed by atoms with E-state index in [4.69, 9.17) is 0 Å². The van der Waals surface area contributed by atoms with Gasteiger partial charge in [0.1, 0.15) is 0 Å². The van der Waals surface area contributed by atoms with E-state index in [0.29, 0.717) is 0 Å². The first-order valence-electron chi connectivity index (χ1n) is 5.37. The van der Waals surface area contributed by atoms with Crippen molar-refractivity contribution in [2.24, 2.45) is 0 Å². The Hall–Kier alpha value is -0.390. The summed E-state index contributed by atoms with van der Waals surface area (Å²) in [5.41, 5.74) is 0.802. The standard InChI is InChI=1S/C11H15BrN2OS/c1-7-6-13-3-4-14(7)11(15)9-5-8(2)16-10(9)12/h5,7,13H,3-4,6H2,1-2H3/t7-/m1/s1. The summed E-state index contributed by atoms with van der Waals surface area (Å²) >= 11 is 5.08. The molecule has 2 heterocycles. The van der Waals surface area contributed by atoms with E-state index < -0.39 is 0 Å². The number of hydrogen-bond acceptors (Lipinski definition) is 3. The van der Waals surface area contributed by atoms with Crippen molar-refractivity contribution >= 4 is 33.2 Å². The first-order valence-corrected chi connectivity index (χ1v) is 6.98. The molecule has 1 N–H and O–H groups in total. The van der Waals surface area contributed by atoms with Crippen LogP contribution in [0, 0.1) is 6.92 Å². The Kier molecular flexibility index (Phi) is 3.66. The fraction of sp³-hybridized carbons (Fsp3) is 0.545. The van der Waals surface area contributed by atoms with E-state index in [1.165, 1.54) is 0 Å². The van der Waals surface area contributed by atoms with Crippen LogP contribution in [0.1, 0.15) is 22.2 Å². The van der Waals surface area contributed by atoms with Gasteiger partial charge in [-0.15, -0.1) is 11.3 Å². The zero-order chi connectivity index (χ0) is 11.7. The van der Waals surface area contributed by atoms with Crippen LogP contribution >= 0.6 is 27.3 Å². The summed E-state index contributed by atoms with van der Waals surface area (Å²) in [6.45, 7) is 6.66. The number of thiophene rings is 1. The Bertz CT molecular complexity index is 405. The number of nitrogens with one attached hydrogen (secondary N) is 1. The summed E-state index contributed by atoms with van der Waals surface area (Å²) in [5, 5.41) is 3.29. The predicted molar refractivity (Wildman–Crippen MR) is 70.1 cm³/mol. The number of rotatable bonds is 1. The Labute approximate surface area is 108 Å². The molecule has 1 aliphatic heterocycles. The molecule has 0 radical (unpaired) electrons. The number of amides is 1. The van der Waals surface area contributed by atoms with Gasteiger partial charge in [0.25, 0.3) is 5.91 Å². The van der Waals surface area contributed by atoms with Crippen LogP contribution in [-0.2, 0) is 0 Å². The van der Waals surface area contributed by atoms with Crippen molar-refractivity contribution in [3.8, 4) is 0 Å². The van der Waals surface area contributed by atoms with Crippen molar-refractivity contribution in [1.29, 1.82) is 0 Å². The van der Waals surface area contributed by atoms with Crippen LogP contribution in [0.5, 0.6) is 0 Å². The van der Waals surface area contributed by atoms with E-state index in [1.807, 2.05) is 17.9 Å². The highest BCUT2D eigenvalue weighted by molar-refractivity contribution is 9.11. The monoisotopic (exact) mass is 302 g/mol. The van der Waals surface area contributed by atoms with Gasteiger partial charge in [-0.2, -0.15) is 0 Å². The number of hydrogen-bond donors (Lipinski definition) is 1. The van der Waals surface area contributed by atoms with E-state index in [2.05, 4.69) is 28.2 Å². The van der Waals surface area contributed by atoms with Gasteiger partial charge in [0, 0.05) is 30.6 Å². The van der Waals surface area contributed by atoms with Crippen molar-refractivity contribution in [3.63, 3.8) is 0 Å². The zero-order valence-electron chi connectivity index (χ0n) is 9.42. The summed E-state index contributed by atoms with van der Waals surface area (Å²) in [5.74, 6) is 0.144. The number of aryl methyl sites for hydroxylation is 1. The van der Waals surface area contributed by atoms with Gasteiger partial charge in [-0.3, -0.25) is 4.79 Å². The second-order valence-electron chi connectivity index (χ2n) is 4.10. The summed E-state index contributed by atoms with van der Waals surface area (Å²) in [6.07, 6.45) is 0. The highest BCUT2D eigenvalue weighted by Crippen LogP contribution is 2.29. The number of carbonyl (C=O) groups excluding carboxylic acids is 1. The normalized spacial score (nSPS) is 21.2. The maximum absolute atomic E-state index is 12.3. The average molecular weight is 303 g/mol. The van der Waals surface area contributed by atoms with E-state index in [0.717, 1.165) is 33.9 Å². The maximum atomic E-state index is 12.3. The first-order chi connectivity index (χ1) is 7.59. The van der Waals surface area contributed by atoms with Gasteiger partial charge in [-0.05, 0) is 35.8 Å². The van der Waals surface area contributed by atoms with Gasteiger partial charge in [-0.1, -0.05) is 0 Å². The maximum Gasteiger partial charge on any atom is 0.256 e. The fourth-order valence-corrected chi connectivity index (χ4v) is 3.69. The van der Waals surface area contributed by atoms with E-state index in [9.17, 15) is 4.79 Å². The van der Waals surface area contributed by atoms with Crippen LogP contribution in [0.2, 0.25) is 0 Å². The summed E-state index contributed by atoms with van der Waals surface area (Å²) in [7, 11) is 0. The highest BCUT2D eigenvalue weighted by Gasteiger charge is 2.26. The second kappa shape index (κ2) is 4.85. The summed E-state index contributed by atoms with van der Waals surface area (Å²) in [6, 6.07) is 2.24. The minimum Gasteiger partial charge on any atom is -0.333 e. The number of carbonyl (C=O) groups is 1. The van der Waals surface area contributed by atoms with E-state index in [-0.39, 0.29) is 11.9 Å². The highest BCUT2D eigenvalue weighted by atomic mass is 79.9. The van der Waals surface area contributed by atoms with E-state index in [1.54, 1.807) is 11.3 Å². The molecular formula is C11H15BrN2OS. The predicted octanol–water partition coefficient (Wildman–Crippen LogP) is 2.25. The number of halogens is 1. The molecule has 1 aromatic rings. The molecule has 1 amide bonds. The molecule has 16 heavy (non-hydrogen) atoms. The number of piperazine rings is 1. The Morgan fingerprint density at radius 3 is 3.00 bits per heavy atom. The third-order valence-electron chi connectivity index (χ3n) is 2.80. The lowest BCUT2D eigenvalue weighted by Crippen LogP contribution is -2.52. The number of nitrogens with zero attached hydrogens (tertiary/aromatic N) is 1. The van der Waals surface area contributed by atoms with Gasteiger partial charge in [-0.25, -0.2) is 0 Å². The molecule has 1 atom stereocenters. The molecular weight excluding hydrogens is 288 g/mol. The van der Waals surface area contributed by atoms with Gasteiger partial charge < -0.3 is 10.2 Å².